The van der Waals surface area contributed by atoms with Gasteiger partial charge in [0, 0.05) is 17.1 Å². The lowest BCUT2D eigenvalue weighted by Crippen LogP contribution is -2.25. The number of pyridine rings is 1. The van der Waals surface area contributed by atoms with Gasteiger partial charge in [0.25, 0.3) is 0 Å². The zero-order chi connectivity index (χ0) is 14.8. The largest absolute Gasteiger partial charge is 0.326 e. The first-order chi connectivity index (χ1) is 9.44. The number of thiophene rings is 1. The minimum atomic E-state index is -3.56. The van der Waals surface area contributed by atoms with Crippen LogP contribution in [0.25, 0.3) is 0 Å². The van der Waals surface area contributed by atoms with E-state index in [1.54, 1.807) is 13.0 Å². The molecule has 0 aliphatic heterocycles. The van der Waals surface area contributed by atoms with Crippen molar-refractivity contribution in [1.29, 1.82) is 0 Å². The van der Waals surface area contributed by atoms with E-state index in [-0.39, 0.29) is 13.1 Å². The highest BCUT2D eigenvalue weighted by Crippen LogP contribution is 2.26. The first-order valence-corrected chi connectivity index (χ1v) is 8.49. The van der Waals surface area contributed by atoms with Gasteiger partial charge < -0.3 is 5.73 Å². The zero-order valence-electron chi connectivity index (χ0n) is 11.4. The van der Waals surface area contributed by atoms with Crippen LogP contribution in [0.2, 0.25) is 0 Å². The molecule has 0 radical (unpaired) electrons. The highest BCUT2D eigenvalue weighted by atomic mass is 32.2. The van der Waals surface area contributed by atoms with E-state index >= 15 is 0 Å². The van der Waals surface area contributed by atoms with Crippen LogP contribution in [0.5, 0.6) is 0 Å². The predicted octanol–water partition coefficient (Wildman–Crippen LogP) is 1.70. The summed E-state index contributed by atoms with van der Waals surface area (Å²) in [5.74, 6) is 0. The van der Waals surface area contributed by atoms with Crippen LogP contribution in [0.3, 0.4) is 0 Å². The van der Waals surface area contributed by atoms with Crippen LogP contribution in [0, 0.1) is 13.8 Å². The van der Waals surface area contributed by atoms with Gasteiger partial charge in [0.05, 0.1) is 12.2 Å². The van der Waals surface area contributed by atoms with Crippen molar-refractivity contribution in [3.05, 3.63) is 45.4 Å². The fraction of sp³-hybridized carbons (Fsp3) is 0.308. The van der Waals surface area contributed by atoms with Gasteiger partial charge in [-0.2, -0.15) is 0 Å². The molecule has 5 nitrogen and oxygen atoms in total. The summed E-state index contributed by atoms with van der Waals surface area (Å²) in [6.45, 7) is 4.03. The lowest BCUT2D eigenvalue weighted by atomic mass is 10.3. The van der Waals surface area contributed by atoms with Gasteiger partial charge in [0.2, 0.25) is 10.0 Å². The Balaban J connectivity index is 2.21. The first-order valence-electron chi connectivity index (χ1n) is 6.13. The molecule has 0 saturated heterocycles. The second-order valence-corrected chi connectivity index (χ2v) is 7.14. The maximum Gasteiger partial charge on any atom is 0.242 e. The number of nitrogens with one attached hydrogen (secondary N) is 1. The van der Waals surface area contributed by atoms with Gasteiger partial charge in [-0.3, -0.25) is 4.98 Å². The summed E-state index contributed by atoms with van der Waals surface area (Å²) in [5, 5.41) is 1.81. The van der Waals surface area contributed by atoms with Crippen molar-refractivity contribution in [2.24, 2.45) is 5.73 Å². The Bertz CT molecular complexity index is 708. The second kappa shape index (κ2) is 6.01. The fourth-order valence-corrected chi connectivity index (χ4v) is 4.63. The number of nitrogens with zero attached hydrogens (tertiary/aromatic N) is 1. The minimum absolute atomic E-state index is 0.170. The van der Waals surface area contributed by atoms with E-state index in [2.05, 4.69) is 9.71 Å². The molecule has 3 N–H and O–H groups in total. The maximum absolute atomic E-state index is 12.4. The van der Waals surface area contributed by atoms with Crippen LogP contribution in [0.4, 0.5) is 0 Å². The van der Waals surface area contributed by atoms with Gasteiger partial charge in [-0.25, -0.2) is 13.1 Å². The minimum Gasteiger partial charge on any atom is -0.326 e. The maximum atomic E-state index is 12.4. The molecule has 0 fully saturated rings. The Morgan fingerprint density at radius 1 is 1.35 bits per heavy atom. The van der Waals surface area contributed by atoms with Gasteiger partial charge in [-0.1, -0.05) is 6.07 Å². The number of hydrogen-bond donors (Lipinski definition) is 2. The van der Waals surface area contributed by atoms with Crippen molar-refractivity contribution in [2.45, 2.75) is 31.8 Å². The number of hydrogen-bond acceptors (Lipinski definition) is 5. The summed E-state index contributed by atoms with van der Waals surface area (Å²) in [6, 6.07) is 5.51. The molecular weight excluding hydrogens is 294 g/mol. The van der Waals surface area contributed by atoms with Gasteiger partial charge in [0.15, 0.2) is 0 Å². The summed E-state index contributed by atoms with van der Waals surface area (Å²) < 4.78 is 27.3. The number of rotatable bonds is 5. The molecule has 2 rings (SSSR count). The summed E-state index contributed by atoms with van der Waals surface area (Å²) >= 11 is 1.37. The van der Waals surface area contributed by atoms with E-state index < -0.39 is 10.0 Å². The lowest BCUT2D eigenvalue weighted by molar-refractivity contribution is 0.579. The van der Waals surface area contributed by atoms with E-state index in [9.17, 15) is 8.42 Å². The zero-order valence-corrected chi connectivity index (χ0v) is 13.0. The average Bonchev–Trinajstić information content (AvgIpc) is 2.78. The summed E-state index contributed by atoms with van der Waals surface area (Å²) in [4.78, 5) is 5.25. The van der Waals surface area contributed by atoms with E-state index in [4.69, 9.17) is 5.73 Å². The van der Waals surface area contributed by atoms with Crippen LogP contribution in [-0.4, -0.2) is 13.4 Å². The summed E-state index contributed by atoms with van der Waals surface area (Å²) in [5.41, 5.74) is 7.86. The number of aromatic nitrogens is 1. The summed E-state index contributed by atoms with van der Waals surface area (Å²) in [6.07, 6.45) is 0. The molecule has 0 spiro atoms. The molecular formula is C13H17N3O2S2. The van der Waals surface area contributed by atoms with Crippen molar-refractivity contribution in [2.75, 3.05) is 0 Å². The third-order valence-corrected chi connectivity index (χ3v) is 5.72. The average molecular weight is 311 g/mol. The molecule has 2 heterocycles. The van der Waals surface area contributed by atoms with Crippen LogP contribution in [0.1, 0.15) is 21.8 Å². The highest BCUT2D eigenvalue weighted by Gasteiger charge is 2.22. The van der Waals surface area contributed by atoms with E-state index in [1.165, 1.54) is 11.3 Å². The third kappa shape index (κ3) is 3.24. The molecule has 0 bridgehead atoms. The van der Waals surface area contributed by atoms with E-state index in [1.807, 2.05) is 24.4 Å². The Morgan fingerprint density at radius 3 is 2.75 bits per heavy atom. The second-order valence-electron chi connectivity index (χ2n) is 4.47. The summed E-state index contributed by atoms with van der Waals surface area (Å²) in [7, 11) is -3.56. The standard InChI is InChI=1S/C13H17N3O2S2/c1-9-8-19-12(6-14)13(9)20(17,18)15-7-11-5-3-4-10(2)16-11/h3-5,8,15H,6-7,14H2,1-2H3. The Morgan fingerprint density at radius 2 is 2.10 bits per heavy atom. The molecule has 7 heteroatoms. The molecule has 0 saturated carbocycles. The molecule has 0 unspecified atom stereocenters. The Kier molecular flexibility index (Phi) is 4.54. The van der Waals surface area contributed by atoms with Crippen molar-refractivity contribution in [3.8, 4) is 0 Å². The molecule has 2 aromatic heterocycles. The number of sulfonamides is 1. The molecule has 20 heavy (non-hydrogen) atoms. The van der Waals surface area contributed by atoms with Gasteiger partial charge in [-0.05, 0) is 36.9 Å². The smallest absolute Gasteiger partial charge is 0.242 e. The normalized spacial score (nSPS) is 11.8. The number of nitrogens with two attached hydrogens (primary N) is 1. The molecule has 0 amide bonds. The SMILES string of the molecule is Cc1cccc(CNS(=O)(=O)c2c(C)csc2CN)n1. The predicted molar refractivity (Wildman–Crippen MR) is 79.9 cm³/mol. The Labute approximate surface area is 122 Å². The van der Waals surface area contributed by atoms with Crippen molar-refractivity contribution < 1.29 is 8.42 Å². The lowest BCUT2D eigenvalue weighted by Gasteiger charge is -2.08. The molecule has 0 aliphatic carbocycles. The molecule has 0 aromatic carbocycles. The Hall–Kier alpha value is -1.28. The van der Waals surface area contributed by atoms with Crippen LogP contribution in [-0.2, 0) is 23.1 Å². The van der Waals surface area contributed by atoms with Crippen LogP contribution >= 0.6 is 11.3 Å². The first kappa shape index (κ1) is 15.1. The fourth-order valence-electron chi connectivity index (χ4n) is 1.93. The van der Waals surface area contributed by atoms with Crippen molar-refractivity contribution in [3.63, 3.8) is 0 Å². The molecule has 108 valence electrons. The van der Waals surface area contributed by atoms with Gasteiger partial charge in [0.1, 0.15) is 4.90 Å². The molecule has 2 aromatic rings. The highest BCUT2D eigenvalue weighted by molar-refractivity contribution is 7.89. The molecule has 0 atom stereocenters. The van der Waals surface area contributed by atoms with Crippen LogP contribution < -0.4 is 10.5 Å². The van der Waals surface area contributed by atoms with Crippen molar-refractivity contribution in [1.82, 2.24) is 9.71 Å². The van der Waals surface area contributed by atoms with Crippen LogP contribution in [0.15, 0.2) is 28.5 Å². The quantitative estimate of drug-likeness (QED) is 0.880. The molecule has 0 aliphatic rings. The van der Waals surface area contributed by atoms with E-state index in [0.717, 1.165) is 11.3 Å². The van der Waals surface area contributed by atoms with Gasteiger partial charge in [-0.15, -0.1) is 11.3 Å². The monoisotopic (exact) mass is 311 g/mol. The van der Waals surface area contributed by atoms with Gasteiger partial charge >= 0.3 is 0 Å². The topological polar surface area (TPSA) is 85.1 Å². The van der Waals surface area contributed by atoms with E-state index in [0.29, 0.717) is 15.5 Å². The number of aryl methyl sites for hydroxylation is 2. The third-order valence-electron chi connectivity index (χ3n) is 2.83. The van der Waals surface area contributed by atoms with Crippen molar-refractivity contribution >= 4 is 21.4 Å².